The number of nitrogens with zero attached hydrogens (tertiary/aromatic N) is 1. The van der Waals surface area contributed by atoms with Gasteiger partial charge >= 0.3 is 0 Å². The van der Waals surface area contributed by atoms with Crippen LogP contribution in [0, 0.1) is 5.92 Å². The Labute approximate surface area is 119 Å². The fourth-order valence-electron chi connectivity index (χ4n) is 2.69. The topological polar surface area (TPSA) is 61.3 Å². The normalized spacial score (nSPS) is 17.8. The van der Waals surface area contributed by atoms with E-state index in [1.165, 1.54) is 5.56 Å². The molecule has 1 aliphatic carbocycles. The molecule has 0 spiro atoms. The molecule has 2 aromatic rings. The molecule has 1 aliphatic rings. The van der Waals surface area contributed by atoms with Crippen LogP contribution in [0.1, 0.15) is 29.3 Å². The molecule has 1 atom stereocenters. The Morgan fingerprint density at radius 1 is 1.35 bits per heavy atom. The van der Waals surface area contributed by atoms with Crippen molar-refractivity contribution < 1.29 is 9.15 Å². The van der Waals surface area contributed by atoms with E-state index in [4.69, 9.17) is 14.9 Å². The van der Waals surface area contributed by atoms with Crippen molar-refractivity contribution in [1.82, 2.24) is 4.98 Å². The average molecular weight is 272 g/mol. The number of aromatic nitrogens is 1. The summed E-state index contributed by atoms with van der Waals surface area (Å²) in [6.45, 7) is 0.730. The molecule has 0 amide bonds. The molecule has 0 saturated heterocycles. The SMILES string of the molecule is COc1ccc(Cc2nc3c(o2)CC(CN)CC3)cc1. The Balaban J connectivity index is 1.73. The van der Waals surface area contributed by atoms with Crippen LogP contribution in [0.4, 0.5) is 0 Å². The van der Waals surface area contributed by atoms with Gasteiger partial charge in [0.25, 0.3) is 0 Å². The summed E-state index contributed by atoms with van der Waals surface area (Å²) < 4.78 is 11.1. The van der Waals surface area contributed by atoms with Gasteiger partial charge in [-0.05, 0) is 43.0 Å². The molecule has 106 valence electrons. The van der Waals surface area contributed by atoms with Crippen LogP contribution >= 0.6 is 0 Å². The second kappa shape index (κ2) is 5.67. The van der Waals surface area contributed by atoms with Crippen molar-refractivity contribution in [2.24, 2.45) is 11.7 Å². The Morgan fingerprint density at radius 3 is 2.85 bits per heavy atom. The molecule has 1 unspecified atom stereocenters. The van der Waals surface area contributed by atoms with Crippen molar-refractivity contribution in [3.63, 3.8) is 0 Å². The summed E-state index contributed by atoms with van der Waals surface area (Å²) in [6, 6.07) is 8.01. The van der Waals surface area contributed by atoms with Gasteiger partial charge in [-0.3, -0.25) is 0 Å². The van der Waals surface area contributed by atoms with Gasteiger partial charge in [0.15, 0.2) is 5.89 Å². The minimum atomic E-state index is 0.546. The molecule has 1 heterocycles. The first-order valence-electron chi connectivity index (χ1n) is 7.09. The van der Waals surface area contributed by atoms with E-state index in [2.05, 4.69) is 4.98 Å². The largest absolute Gasteiger partial charge is 0.497 e. The molecular weight excluding hydrogens is 252 g/mol. The van der Waals surface area contributed by atoms with E-state index in [1.54, 1.807) is 7.11 Å². The highest BCUT2D eigenvalue weighted by Gasteiger charge is 2.23. The first kappa shape index (κ1) is 13.2. The maximum Gasteiger partial charge on any atom is 0.199 e. The van der Waals surface area contributed by atoms with E-state index in [0.717, 1.165) is 55.3 Å². The number of hydrogen-bond acceptors (Lipinski definition) is 4. The summed E-state index contributed by atoms with van der Waals surface area (Å²) in [5.74, 6) is 3.25. The van der Waals surface area contributed by atoms with Gasteiger partial charge in [-0.25, -0.2) is 4.98 Å². The van der Waals surface area contributed by atoms with Crippen LogP contribution in [0.25, 0.3) is 0 Å². The highest BCUT2D eigenvalue weighted by Crippen LogP contribution is 2.26. The van der Waals surface area contributed by atoms with E-state index >= 15 is 0 Å². The lowest BCUT2D eigenvalue weighted by Crippen LogP contribution is -2.21. The lowest BCUT2D eigenvalue weighted by molar-refractivity contribution is 0.385. The van der Waals surface area contributed by atoms with Crippen LogP contribution in [-0.4, -0.2) is 18.6 Å². The van der Waals surface area contributed by atoms with Gasteiger partial charge in [0.1, 0.15) is 11.5 Å². The average Bonchev–Trinajstić information content (AvgIpc) is 2.89. The molecule has 0 radical (unpaired) electrons. The number of nitrogens with two attached hydrogens (primary N) is 1. The highest BCUT2D eigenvalue weighted by atomic mass is 16.5. The van der Waals surface area contributed by atoms with Crippen molar-refractivity contribution in [3.05, 3.63) is 47.2 Å². The van der Waals surface area contributed by atoms with Crippen LogP contribution in [-0.2, 0) is 19.3 Å². The van der Waals surface area contributed by atoms with E-state index in [0.29, 0.717) is 5.92 Å². The number of ether oxygens (including phenoxy) is 1. The molecule has 4 nitrogen and oxygen atoms in total. The fourth-order valence-corrected chi connectivity index (χ4v) is 2.69. The molecule has 0 saturated carbocycles. The summed E-state index contributed by atoms with van der Waals surface area (Å²) in [4.78, 5) is 4.62. The summed E-state index contributed by atoms with van der Waals surface area (Å²) in [5.41, 5.74) is 8.05. The van der Waals surface area contributed by atoms with Crippen molar-refractivity contribution in [2.45, 2.75) is 25.7 Å². The second-order valence-corrected chi connectivity index (χ2v) is 5.35. The predicted molar refractivity (Wildman–Crippen MR) is 76.9 cm³/mol. The summed E-state index contributed by atoms with van der Waals surface area (Å²) in [7, 11) is 1.67. The minimum absolute atomic E-state index is 0.546. The molecule has 0 aliphatic heterocycles. The van der Waals surface area contributed by atoms with Gasteiger partial charge in [0, 0.05) is 12.8 Å². The van der Waals surface area contributed by atoms with E-state index in [1.807, 2.05) is 24.3 Å². The van der Waals surface area contributed by atoms with E-state index < -0.39 is 0 Å². The number of fused-ring (bicyclic) bond motifs is 1. The second-order valence-electron chi connectivity index (χ2n) is 5.35. The molecule has 1 aromatic carbocycles. The maximum absolute atomic E-state index is 5.90. The van der Waals surface area contributed by atoms with Crippen LogP contribution in [0.15, 0.2) is 28.7 Å². The van der Waals surface area contributed by atoms with Gasteiger partial charge < -0.3 is 14.9 Å². The van der Waals surface area contributed by atoms with Crippen LogP contribution in [0.5, 0.6) is 5.75 Å². The smallest absolute Gasteiger partial charge is 0.199 e. The third-order valence-electron chi connectivity index (χ3n) is 3.93. The first-order valence-corrected chi connectivity index (χ1v) is 7.09. The summed E-state index contributed by atoms with van der Waals surface area (Å²) in [5, 5.41) is 0. The molecular formula is C16H20N2O2. The zero-order chi connectivity index (χ0) is 13.9. The Morgan fingerprint density at radius 2 is 2.15 bits per heavy atom. The molecule has 1 aromatic heterocycles. The standard InChI is InChI=1S/C16H20N2O2/c1-19-13-5-2-11(3-6-13)9-16-18-14-7-4-12(10-17)8-15(14)20-16/h2-3,5-6,12H,4,7-10,17H2,1H3. The molecule has 3 rings (SSSR count). The lowest BCUT2D eigenvalue weighted by Gasteiger charge is -2.17. The van der Waals surface area contributed by atoms with Crippen molar-refractivity contribution in [1.29, 1.82) is 0 Å². The van der Waals surface area contributed by atoms with Gasteiger partial charge in [0.05, 0.1) is 12.8 Å². The number of oxazole rings is 1. The van der Waals surface area contributed by atoms with Gasteiger partial charge in [0.2, 0.25) is 0 Å². The maximum atomic E-state index is 5.90. The predicted octanol–water partition coefficient (Wildman–Crippen LogP) is 2.34. The number of rotatable bonds is 4. The molecule has 2 N–H and O–H groups in total. The highest BCUT2D eigenvalue weighted by molar-refractivity contribution is 5.29. The molecule has 20 heavy (non-hydrogen) atoms. The number of benzene rings is 1. The van der Waals surface area contributed by atoms with Crippen molar-refractivity contribution in [2.75, 3.05) is 13.7 Å². The monoisotopic (exact) mass is 272 g/mol. The van der Waals surface area contributed by atoms with E-state index in [9.17, 15) is 0 Å². The lowest BCUT2D eigenvalue weighted by atomic mass is 9.91. The number of aryl methyl sites for hydroxylation is 1. The quantitative estimate of drug-likeness (QED) is 0.928. The van der Waals surface area contributed by atoms with Gasteiger partial charge in [-0.2, -0.15) is 0 Å². The Bertz CT molecular complexity index is 575. The number of hydrogen-bond donors (Lipinski definition) is 1. The third-order valence-corrected chi connectivity index (χ3v) is 3.93. The van der Waals surface area contributed by atoms with Crippen LogP contribution in [0.2, 0.25) is 0 Å². The summed E-state index contributed by atoms with van der Waals surface area (Å²) >= 11 is 0. The van der Waals surface area contributed by atoms with Crippen molar-refractivity contribution >= 4 is 0 Å². The number of methoxy groups -OCH3 is 1. The Hall–Kier alpha value is -1.81. The van der Waals surface area contributed by atoms with Crippen LogP contribution < -0.4 is 10.5 Å². The Kier molecular flexibility index (Phi) is 3.74. The van der Waals surface area contributed by atoms with Gasteiger partial charge in [-0.1, -0.05) is 12.1 Å². The zero-order valence-electron chi connectivity index (χ0n) is 11.8. The first-order chi connectivity index (χ1) is 9.78. The fraction of sp³-hybridized carbons (Fsp3) is 0.438. The third kappa shape index (κ3) is 2.70. The van der Waals surface area contributed by atoms with Gasteiger partial charge in [-0.15, -0.1) is 0 Å². The van der Waals surface area contributed by atoms with E-state index in [-0.39, 0.29) is 0 Å². The summed E-state index contributed by atoms with van der Waals surface area (Å²) in [6.07, 6.45) is 3.77. The molecule has 0 fully saturated rings. The molecule has 4 heteroatoms. The van der Waals surface area contributed by atoms with Crippen molar-refractivity contribution in [3.8, 4) is 5.75 Å². The minimum Gasteiger partial charge on any atom is -0.497 e. The zero-order valence-corrected chi connectivity index (χ0v) is 11.8. The molecule has 0 bridgehead atoms. The van der Waals surface area contributed by atoms with Crippen LogP contribution in [0.3, 0.4) is 0 Å².